The highest BCUT2D eigenvalue weighted by Crippen LogP contribution is 2.18. The summed E-state index contributed by atoms with van der Waals surface area (Å²) in [5.74, 6) is -4.97. The van der Waals surface area contributed by atoms with Crippen molar-refractivity contribution >= 4 is 27.9 Å². The summed E-state index contributed by atoms with van der Waals surface area (Å²) >= 11 is 2.95. The van der Waals surface area contributed by atoms with Crippen LogP contribution in [0.15, 0.2) is 22.7 Å². The Morgan fingerprint density at radius 3 is 2.31 bits per heavy atom. The Balaban J connectivity index is 2.90. The summed E-state index contributed by atoms with van der Waals surface area (Å²) in [6, 6.07) is 4.00. The van der Waals surface area contributed by atoms with Gasteiger partial charge in [0.1, 0.15) is 5.82 Å². The van der Waals surface area contributed by atoms with Crippen molar-refractivity contribution < 1.29 is 24.2 Å². The van der Waals surface area contributed by atoms with Crippen LogP contribution < -0.4 is 0 Å². The molecular weight excluding hydrogens is 283 g/mol. The molecule has 0 fully saturated rings. The molecule has 0 heterocycles. The van der Waals surface area contributed by atoms with E-state index in [9.17, 15) is 14.0 Å². The van der Waals surface area contributed by atoms with E-state index in [4.69, 9.17) is 10.2 Å². The number of benzene rings is 1. The lowest BCUT2D eigenvalue weighted by Gasteiger charge is -2.07. The van der Waals surface area contributed by atoms with Gasteiger partial charge in [-0.3, -0.25) is 9.59 Å². The molecule has 0 aliphatic heterocycles. The van der Waals surface area contributed by atoms with Gasteiger partial charge in [-0.2, -0.15) is 0 Å². The Kier molecular flexibility index (Phi) is 4.00. The minimum absolute atomic E-state index is 0.241. The molecule has 86 valence electrons. The summed E-state index contributed by atoms with van der Waals surface area (Å²) in [5.41, 5.74) is 0.329. The topological polar surface area (TPSA) is 74.6 Å². The molecule has 0 aliphatic rings. The van der Waals surface area contributed by atoms with Gasteiger partial charge in [0.2, 0.25) is 0 Å². The molecule has 0 spiro atoms. The third-order valence-corrected chi connectivity index (χ3v) is 2.66. The fourth-order valence-corrected chi connectivity index (χ4v) is 1.43. The second kappa shape index (κ2) is 5.07. The minimum atomic E-state index is -1.56. The van der Waals surface area contributed by atoms with E-state index in [0.717, 1.165) is 6.07 Å². The number of carbonyl (C=O) groups is 2. The number of hydrogen-bond acceptors (Lipinski definition) is 2. The maximum absolute atomic E-state index is 13.1. The first kappa shape index (κ1) is 12.6. The van der Waals surface area contributed by atoms with Gasteiger partial charge in [-0.05, 0) is 40.0 Å². The zero-order valence-corrected chi connectivity index (χ0v) is 9.57. The van der Waals surface area contributed by atoms with Gasteiger partial charge in [0.25, 0.3) is 0 Å². The molecule has 0 radical (unpaired) electrons. The zero-order chi connectivity index (χ0) is 12.3. The minimum Gasteiger partial charge on any atom is -0.481 e. The molecule has 1 rings (SSSR count). The maximum atomic E-state index is 13.1. The van der Waals surface area contributed by atoms with Crippen molar-refractivity contribution in [2.45, 2.75) is 6.42 Å². The molecule has 4 nitrogen and oxygen atoms in total. The van der Waals surface area contributed by atoms with E-state index >= 15 is 0 Å². The summed E-state index contributed by atoms with van der Waals surface area (Å²) in [6.45, 7) is 0. The van der Waals surface area contributed by atoms with Gasteiger partial charge in [-0.25, -0.2) is 4.39 Å². The van der Waals surface area contributed by atoms with Crippen molar-refractivity contribution in [3.8, 4) is 0 Å². The molecule has 0 aliphatic carbocycles. The van der Waals surface area contributed by atoms with E-state index in [0.29, 0.717) is 5.56 Å². The van der Waals surface area contributed by atoms with Gasteiger partial charge in [-0.1, -0.05) is 6.07 Å². The molecule has 0 amide bonds. The summed E-state index contributed by atoms with van der Waals surface area (Å²) in [5, 5.41) is 17.3. The van der Waals surface area contributed by atoms with E-state index in [-0.39, 0.29) is 10.9 Å². The summed E-state index contributed by atoms with van der Waals surface area (Å²) in [4.78, 5) is 21.2. The summed E-state index contributed by atoms with van der Waals surface area (Å²) in [6.07, 6.45) is -0.241. The van der Waals surface area contributed by atoms with Crippen LogP contribution in [0.1, 0.15) is 5.56 Å². The first-order valence-electron chi connectivity index (χ1n) is 4.31. The number of hydrogen-bond donors (Lipinski definition) is 2. The van der Waals surface area contributed by atoms with Gasteiger partial charge in [0.15, 0.2) is 5.92 Å². The monoisotopic (exact) mass is 290 g/mol. The maximum Gasteiger partial charge on any atom is 0.318 e. The van der Waals surface area contributed by atoms with Crippen molar-refractivity contribution in [3.63, 3.8) is 0 Å². The lowest BCUT2D eigenvalue weighted by Crippen LogP contribution is -2.25. The van der Waals surface area contributed by atoms with Crippen LogP contribution in [0.4, 0.5) is 4.39 Å². The predicted octanol–water partition coefficient (Wildman–Crippen LogP) is 1.92. The average Bonchev–Trinajstić information content (AvgIpc) is 2.18. The molecule has 0 aromatic heterocycles. The summed E-state index contributed by atoms with van der Waals surface area (Å²) < 4.78 is 13.3. The first-order valence-corrected chi connectivity index (χ1v) is 5.10. The number of carboxylic acids is 2. The van der Waals surface area contributed by atoms with E-state index in [2.05, 4.69) is 15.9 Å². The highest BCUT2D eigenvalue weighted by atomic mass is 79.9. The third-order valence-electron chi connectivity index (χ3n) is 2.02. The van der Waals surface area contributed by atoms with E-state index in [1.807, 2.05) is 0 Å². The van der Waals surface area contributed by atoms with Gasteiger partial charge < -0.3 is 10.2 Å². The number of halogens is 2. The number of carboxylic acid groups (broad SMARTS) is 2. The molecule has 16 heavy (non-hydrogen) atoms. The van der Waals surface area contributed by atoms with Crippen molar-refractivity contribution in [3.05, 3.63) is 34.1 Å². The van der Waals surface area contributed by atoms with Crippen LogP contribution in [0.25, 0.3) is 0 Å². The van der Waals surface area contributed by atoms with E-state index in [1.165, 1.54) is 12.1 Å². The predicted molar refractivity (Wildman–Crippen MR) is 56.6 cm³/mol. The lowest BCUT2D eigenvalue weighted by atomic mass is 10.00. The van der Waals surface area contributed by atoms with E-state index < -0.39 is 23.7 Å². The molecule has 0 bridgehead atoms. The van der Waals surface area contributed by atoms with Crippen LogP contribution in [0.3, 0.4) is 0 Å². The van der Waals surface area contributed by atoms with Crippen LogP contribution in [-0.2, 0) is 16.0 Å². The number of rotatable bonds is 4. The zero-order valence-electron chi connectivity index (χ0n) is 7.98. The number of aliphatic carboxylic acids is 2. The van der Waals surface area contributed by atoms with Crippen LogP contribution in [0.2, 0.25) is 0 Å². The highest BCUT2D eigenvalue weighted by molar-refractivity contribution is 9.10. The van der Waals surface area contributed by atoms with Gasteiger partial charge in [-0.15, -0.1) is 0 Å². The van der Waals surface area contributed by atoms with Crippen LogP contribution in [0.5, 0.6) is 0 Å². The standard InChI is InChI=1S/C10H8BrFO4/c11-7-2-1-5(4-8(7)12)3-6(9(13)14)10(15)16/h1-2,4,6H,3H2,(H,13,14)(H,15,16). The second-order valence-electron chi connectivity index (χ2n) is 3.18. The van der Waals surface area contributed by atoms with Gasteiger partial charge >= 0.3 is 11.9 Å². The van der Waals surface area contributed by atoms with Crippen LogP contribution in [0, 0.1) is 11.7 Å². The van der Waals surface area contributed by atoms with Gasteiger partial charge in [0.05, 0.1) is 4.47 Å². The molecular formula is C10H8BrFO4. The van der Waals surface area contributed by atoms with Gasteiger partial charge in [0, 0.05) is 0 Å². The highest BCUT2D eigenvalue weighted by Gasteiger charge is 2.26. The molecule has 0 saturated carbocycles. The average molecular weight is 291 g/mol. The fraction of sp³-hybridized carbons (Fsp3) is 0.200. The quantitative estimate of drug-likeness (QED) is 0.831. The Morgan fingerprint density at radius 2 is 1.88 bits per heavy atom. The largest absolute Gasteiger partial charge is 0.481 e. The Bertz CT molecular complexity index is 419. The van der Waals surface area contributed by atoms with Crippen molar-refractivity contribution in [1.82, 2.24) is 0 Å². The van der Waals surface area contributed by atoms with Crippen molar-refractivity contribution in [1.29, 1.82) is 0 Å². The van der Waals surface area contributed by atoms with Crippen molar-refractivity contribution in [2.75, 3.05) is 0 Å². The molecule has 0 unspecified atom stereocenters. The molecule has 2 N–H and O–H groups in total. The SMILES string of the molecule is O=C(O)C(Cc1ccc(Br)c(F)c1)C(=O)O. The smallest absolute Gasteiger partial charge is 0.318 e. The van der Waals surface area contributed by atoms with E-state index in [1.54, 1.807) is 0 Å². The molecule has 1 aromatic carbocycles. The lowest BCUT2D eigenvalue weighted by molar-refractivity contribution is -0.154. The Labute approximate surface area is 98.8 Å². The molecule has 1 aromatic rings. The molecule has 0 atom stereocenters. The normalized spacial score (nSPS) is 10.4. The van der Waals surface area contributed by atoms with Crippen LogP contribution in [-0.4, -0.2) is 22.2 Å². The Morgan fingerprint density at radius 1 is 1.31 bits per heavy atom. The fourth-order valence-electron chi connectivity index (χ4n) is 1.18. The molecule has 6 heteroatoms. The summed E-state index contributed by atoms with van der Waals surface area (Å²) in [7, 11) is 0. The second-order valence-corrected chi connectivity index (χ2v) is 4.04. The third kappa shape index (κ3) is 3.03. The first-order chi connectivity index (χ1) is 7.41. The Hall–Kier alpha value is -1.43. The molecule has 0 saturated heterocycles. The van der Waals surface area contributed by atoms with Crippen molar-refractivity contribution in [2.24, 2.45) is 5.92 Å². The van der Waals surface area contributed by atoms with Crippen LogP contribution >= 0.6 is 15.9 Å².